The second kappa shape index (κ2) is 6.07. The molecule has 0 unspecified atom stereocenters. The monoisotopic (exact) mass is 297 g/mol. The number of hydrogen-bond donors (Lipinski definition) is 1. The Bertz CT molecular complexity index is 574. The summed E-state index contributed by atoms with van der Waals surface area (Å²) in [5, 5.41) is 12.7. The summed E-state index contributed by atoms with van der Waals surface area (Å²) >= 11 is 0. The van der Waals surface area contributed by atoms with Gasteiger partial charge in [-0.05, 0) is 36.1 Å². The third kappa shape index (κ3) is 2.96. The van der Waals surface area contributed by atoms with E-state index in [0.717, 1.165) is 12.1 Å². The minimum atomic E-state index is -1.45. The SMILES string of the molecule is [N-]=[N+]=N[C@H](C(=O)O)C1(c2cc(F)cc(F)c2)CCOCC1. The molecule has 0 spiro atoms. The Morgan fingerprint density at radius 3 is 2.38 bits per heavy atom. The molecule has 0 bridgehead atoms. The number of halogens is 2. The van der Waals surface area contributed by atoms with Crippen LogP contribution in [-0.2, 0) is 14.9 Å². The summed E-state index contributed by atoms with van der Waals surface area (Å²) in [6.45, 7) is 0.450. The van der Waals surface area contributed by atoms with Crippen LogP contribution in [0.15, 0.2) is 23.3 Å². The fourth-order valence-electron chi connectivity index (χ4n) is 2.74. The van der Waals surface area contributed by atoms with E-state index >= 15 is 0 Å². The number of hydrogen-bond acceptors (Lipinski definition) is 3. The highest BCUT2D eigenvalue weighted by atomic mass is 19.1. The first-order valence-electron chi connectivity index (χ1n) is 6.31. The minimum Gasteiger partial charge on any atom is -0.481 e. The fraction of sp³-hybridized carbons (Fsp3) is 0.462. The van der Waals surface area contributed by atoms with Gasteiger partial charge in [-0.1, -0.05) is 5.11 Å². The molecular formula is C13H13F2N3O3. The van der Waals surface area contributed by atoms with Gasteiger partial charge < -0.3 is 9.84 Å². The molecule has 21 heavy (non-hydrogen) atoms. The largest absolute Gasteiger partial charge is 0.481 e. The number of azide groups is 1. The molecule has 1 aromatic rings. The lowest BCUT2D eigenvalue weighted by atomic mass is 9.69. The number of nitrogens with zero attached hydrogens (tertiary/aromatic N) is 3. The van der Waals surface area contributed by atoms with Crippen LogP contribution in [0.25, 0.3) is 10.4 Å². The molecular weight excluding hydrogens is 284 g/mol. The van der Waals surface area contributed by atoms with Crippen molar-refractivity contribution in [3.8, 4) is 0 Å². The average Bonchev–Trinajstić information content (AvgIpc) is 2.44. The van der Waals surface area contributed by atoms with Crippen molar-refractivity contribution in [2.45, 2.75) is 24.3 Å². The van der Waals surface area contributed by atoms with E-state index in [2.05, 4.69) is 10.0 Å². The van der Waals surface area contributed by atoms with Crippen LogP contribution < -0.4 is 0 Å². The molecule has 0 amide bonds. The number of ether oxygens (including phenoxy) is 1. The highest BCUT2D eigenvalue weighted by molar-refractivity contribution is 5.76. The van der Waals surface area contributed by atoms with Crippen LogP contribution in [-0.4, -0.2) is 30.3 Å². The molecule has 1 atom stereocenters. The van der Waals surface area contributed by atoms with Crippen molar-refractivity contribution in [1.82, 2.24) is 0 Å². The predicted molar refractivity (Wildman–Crippen MR) is 68.7 cm³/mol. The maximum atomic E-state index is 13.5. The Labute approximate surface area is 119 Å². The van der Waals surface area contributed by atoms with Crippen molar-refractivity contribution in [2.24, 2.45) is 5.11 Å². The Morgan fingerprint density at radius 1 is 1.33 bits per heavy atom. The number of aliphatic carboxylic acids is 1. The number of benzene rings is 1. The molecule has 8 heteroatoms. The Kier molecular flexibility index (Phi) is 4.40. The quantitative estimate of drug-likeness (QED) is 0.526. The third-order valence-electron chi connectivity index (χ3n) is 3.75. The molecule has 1 aromatic carbocycles. The number of carboxylic acid groups (broad SMARTS) is 1. The van der Waals surface area contributed by atoms with E-state index in [-0.39, 0.29) is 31.6 Å². The van der Waals surface area contributed by atoms with Crippen molar-refractivity contribution in [1.29, 1.82) is 0 Å². The molecule has 1 N–H and O–H groups in total. The number of carbonyl (C=O) groups is 1. The first-order valence-corrected chi connectivity index (χ1v) is 6.31. The summed E-state index contributed by atoms with van der Waals surface area (Å²) in [4.78, 5) is 14.0. The molecule has 2 rings (SSSR count). The smallest absolute Gasteiger partial charge is 0.313 e. The van der Waals surface area contributed by atoms with E-state index in [4.69, 9.17) is 10.3 Å². The Hall–Kier alpha value is -2.18. The highest BCUT2D eigenvalue weighted by Crippen LogP contribution is 2.40. The summed E-state index contributed by atoms with van der Waals surface area (Å²) in [7, 11) is 0. The maximum Gasteiger partial charge on any atom is 0.313 e. The second-order valence-corrected chi connectivity index (χ2v) is 4.87. The van der Waals surface area contributed by atoms with E-state index in [1.54, 1.807) is 0 Å². The minimum absolute atomic E-state index is 0.170. The van der Waals surface area contributed by atoms with Crippen molar-refractivity contribution in [3.05, 3.63) is 45.8 Å². The van der Waals surface area contributed by atoms with E-state index in [9.17, 15) is 18.7 Å². The molecule has 1 aliphatic rings. The molecule has 0 radical (unpaired) electrons. The highest BCUT2D eigenvalue weighted by Gasteiger charge is 2.45. The van der Waals surface area contributed by atoms with Gasteiger partial charge in [0.15, 0.2) is 0 Å². The Balaban J connectivity index is 2.60. The maximum absolute atomic E-state index is 13.5. The zero-order valence-corrected chi connectivity index (χ0v) is 11.0. The topological polar surface area (TPSA) is 95.3 Å². The molecule has 0 saturated carbocycles. The predicted octanol–water partition coefficient (Wildman–Crippen LogP) is 2.78. The van der Waals surface area contributed by atoms with Gasteiger partial charge in [-0.2, -0.15) is 0 Å². The van der Waals surface area contributed by atoms with Crippen molar-refractivity contribution in [2.75, 3.05) is 13.2 Å². The number of carboxylic acids is 1. The van der Waals surface area contributed by atoms with Gasteiger partial charge in [0.05, 0.1) is 0 Å². The van der Waals surface area contributed by atoms with Gasteiger partial charge in [-0.25, -0.2) is 8.78 Å². The van der Waals surface area contributed by atoms with Crippen LogP contribution in [0.2, 0.25) is 0 Å². The molecule has 6 nitrogen and oxygen atoms in total. The van der Waals surface area contributed by atoms with Crippen LogP contribution in [0.5, 0.6) is 0 Å². The standard InChI is InChI=1S/C13H13F2N3O3/c14-9-5-8(6-10(15)7-9)13(1-3-21-4-2-13)11(12(19)20)17-18-16/h5-7,11H,1-4H2,(H,19,20)/t11-/m1/s1. The average molecular weight is 297 g/mol. The van der Waals surface area contributed by atoms with Gasteiger partial charge in [0, 0.05) is 29.6 Å². The number of rotatable bonds is 4. The summed E-state index contributed by atoms with van der Waals surface area (Å²) in [5.74, 6) is -2.94. The lowest BCUT2D eigenvalue weighted by molar-refractivity contribution is -0.141. The van der Waals surface area contributed by atoms with E-state index < -0.39 is 29.1 Å². The van der Waals surface area contributed by atoms with Gasteiger partial charge in [0.25, 0.3) is 0 Å². The van der Waals surface area contributed by atoms with Crippen molar-refractivity contribution in [3.63, 3.8) is 0 Å². The first-order chi connectivity index (χ1) is 9.99. The summed E-state index contributed by atoms with van der Waals surface area (Å²) < 4.78 is 32.2. The second-order valence-electron chi connectivity index (χ2n) is 4.87. The lowest BCUT2D eigenvalue weighted by Crippen LogP contribution is -2.47. The normalized spacial score (nSPS) is 18.6. The molecule has 0 aliphatic carbocycles. The zero-order valence-electron chi connectivity index (χ0n) is 11.0. The van der Waals surface area contributed by atoms with Crippen molar-refractivity contribution < 1.29 is 23.4 Å². The van der Waals surface area contributed by atoms with Gasteiger partial charge in [-0.15, -0.1) is 0 Å². The molecule has 1 aliphatic heterocycles. The zero-order chi connectivity index (χ0) is 15.5. The lowest BCUT2D eigenvalue weighted by Gasteiger charge is -2.40. The van der Waals surface area contributed by atoms with Crippen molar-refractivity contribution >= 4 is 5.97 Å². The van der Waals surface area contributed by atoms with Gasteiger partial charge in [0.2, 0.25) is 0 Å². The first kappa shape index (κ1) is 15.2. The molecule has 112 valence electrons. The van der Waals surface area contributed by atoms with Gasteiger partial charge in [-0.3, -0.25) is 4.79 Å². The fourth-order valence-corrected chi connectivity index (χ4v) is 2.74. The summed E-state index contributed by atoms with van der Waals surface area (Å²) in [5.41, 5.74) is 7.59. The van der Waals surface area contributed by atoms with Gasteiger partial charge >= 0.3 is 5.97 Å². The van der Waals surface area contributed by atoms with E-state index in [0.29, 0.717) is 6.07 Å². The van der Waals surface area contributed by atoms with E-state index in [1.165, 1.54) is 0 Å². The summed E-state index contributed by atoms with van der Waals surface area (Å²) in [6.07, 6.45) is 0.401. The van der Waals surface area contributed by atoms with Crippen LogP contribution in [0.3, 0.4) is 0 Å². The summed E-state index contributed by atoms with van der Waals surface area (Å²) in [6, 6.07) is 1.42. The molecule has 1 fully saturated rings. The Morgan fingerprint density at radius 2 is 1.90 bits per heavy atom. The third-order valence-corrected chi connectivity index (χ3v) is 3.75. The molecule has 1 heterocycles. The molecule has 1 saturated heterocycles. The van der Waals surface area contributed by atoms with Crippen LogP contribution in [0, 0.1) is 11.6 Å². The van der Waals surface area contributed by atoms with Crippen LogP contribution in [0.4, 0.5) is 8.78 Å². The van der Waals surface area contributed by atoms with Crippen LogP contribution in [0.1, 0.15) is 18.4 Å². The van der Waals surface area contributed by atoms with E-state index in [1.807, 2.05) is 0 Å². The van der Waals surface area contributed by atoms with Gasteiger partial charge in [0.1, 0.15) is 17.7 Å². The van der Waals surface area contributed by atoms with Crippen LogP contribution >= 0.6 is 0 Å². The molecule has 0 aromatic heterocycles.